The van der Waals surface area contributed by atoms with Crippen LogP contribution in [0.15, 0.2) is 0 Å². The highest BCUT2D eigenvalue weighted by atomic mass is 16.6. The molecule has 148 valence electrons. The van der Waals surface area contributed by atoms with Gasteiger partial charge in [0.2, 0.25) is 0 Å². The van der Waals surface area contributed by atoms with Crippen LogP contribution >= 0.6 is 0 Å². The van der Waals surface area contributed by atoms with Crippen LogP contribution in [0.25, 0.3) is 0 Å². The van der Waals surface area contributed by atoms with Crippen LogP contribution in [0.3, 0.4) is 0 Å². The molecule has 1 aliphatic rings. The van der Waals surface area contributed by atoms with E-state index in [9.17, 15) is 9.90 Å². The molecule has 1 rings (SSSR count). The summed E-state index contributed by atoms with van der Waals surface area (Å²) in [6.45, 7) is 4.16. The van der Waals surface area contributed by atoms with Gasteiger partial charge in [-0.15, -0.1) is 0 Å². The third-order valence-electron chi connectivity index (χ3n) is 5.49. The van der Waals surface area contributed by atoms with E-state index in [1.54, 1.807) is 0 Å². The Morgan fingerprint density at radius 3 is 2.04 bits per heavy atom. The minimum absolute atomic E-state index is 0.0844. The lowest BCUT2D eigenvalue weighted by Gasteiger charge is -2.20. The van der Waals surface area contributed by atoms with E-state index in [0.717, 1.165) is 32.1 Å². The number of carboxylic acids is 1. The summed E-state index contributed by atoms with van der Waals surface area (Å²) in [4.78, 5) is 10.9. The molecule has 1 saturated heterocycles. The number of aliphatic hydroxyl groups is 1. The second-order valence-corrected chi connectivity index (χ2v) is 7.74. The van der Waals surface area contributed by atoms with Crippen LogP contribution in [-0.2, 0) is 9.53 Å². The number of hydrogen-bond donors (Lipinski definition) is 2. The first kappa shape index (κ1) is 22.4. The topological polar surface area (TPSA) is 70.1 Å². The molecule has 0 radical (unpaired) electrons. The van der Waals surface area contributed by atoms with Gasteiger partial charge in [-0.2, -0.15) is 0 Å². The number of ether oxygens (including phenoxy) is 1. The Kier molecular flexibility index (Phi) is 12.2. The Morgan fingerprint density at radius 2 is 1.48 bits per heavy atom. The Balaban J connectivity index is 1.97. The lowest BCUT2D eigenvalue weighted by atomic mass is 9.90. The average Bonchev–Trinajstić information content (AvgIpc) is 3.33. The number of aliphatic hydroxyl groups excluding tert-OH is 1. The molecule has 4 unspecified atom stereocenters. The Hall–Kier alpha value is -0.610. The first-order valence-corrected chi connectivity index (χ1v) is 10.6. The molecule has 4 atom stereocenters. The quantitative estimate of drug-likeness (QED) is 0.273. The van der Waals surface area contributed by atoms with E-state index in [0.29, 0.717) is 18.6 Å². The van der Waals surface area contributed by atoms with Gasteiger partial charge in [-0.1, -0.05) is 71.6 Å². The summed E-state index contributed by atoms with van der Waals surface area (Å²) in [5, 5.41) is 18.9. The Labute approximate surface area is 154 Å². The van der Waals surface area contributed by atoms with Crippen LogP contribution in [0.2, 0.25) is 0 Å². The maximum atomic E-state index is 10.9. The first-order valence-electron chi connectivity index (χ1n) is 10.6. The van der Waals surface area contributed by atoms with Gasteiger partial charge in [-0.3, -0.25) is 4.79 Å². The van der Waals surface area contributed by atoms with Gasteiger partial charge >= 0.3 is 5.97 Å². The summed E-state index contributed by atoms with van der Waals surface area (Å²) < 4.78 is 5.76. The predicted octanol–water partition coefficient (Wildman–Crippen LogP) is 5.32. The highest BCUT2D eigenvalue weighted by Gasteiger charge is 2.36. The van der Waals surface area contributed by atoms with E-state index >= 15 is 0 Å². The molecule has 0 bridgehead atoms. The van der Waals surface area contributed by atoms with Crippen molar-refractivity contribution in [2.75, 3.05) is 0 Å². The second kappa shape index (κ2) is 13.6. The van der Waals surface area contributed by atoms with Crippen LogP contribution in [0.1, 0.15) is 104 Å². The molecule has 0 aromatic heterocycles. The van der Waals surface area contributed by atoms with Crippen LogP contribution < -0.4 is 0 Å². The van der Waals surface area contributed by atoms with Crippen molar-refractivity contribution in [3.8, 4) is 0 Å². The maximum absolute atomic E-state index is 10.9. The van der Waals surface area contributed by atoms with Gasteiger partial charge in [0.05, 0.1) is 24.7 Å². The van der Waals surface area contributed by atoms with Crippen molar-refractivity contribution in [2.24, 2.45) is 5.92 Å². The number of epoxide rings is 1. The molecule has 4 nitrogen and oxygen atoms in total. The van der Waals surface area contributed by atoms with E-state index in [-0.39, 0.29) is 12.3 Å². The lowest BCUT2D eigenvalue weighted by Crippen LogP contribution is -2.22. The van der Waals surface area contributed by atoms with E-state index in [1.807, 2.05) is 6.92 Å². The van der Waals surface area contributed by atoms with Crippen molar-refractivity contribution in [1.29, 1.82) is 0 Å². The van der Waals surface area contributed by atoms with E-state index in [4.69, 9.17) is 9.84 Å². The van der Waals surface area contributed by atoms with Gasteiger partial charge in [-0.05, 0) is 31.6 Å². The minimum Gasteiger partial charge on any atom is -0.481 e. The number of unbranched alkanes of at least 4 members (excludes halogenated alkanes) is 7. The maximum Gasteiger partial charge on any atom is 0.303 e. The Morgan fingerprint density at radius 1 is 0.920 bits per heavy atom. The number of hydrogen-bond acceptors (Lipinski definition) is 3. The van der Waals surface area contributed by atoms with Crippen molar-refractivity contribution in [2.45, 2.75) is 122 Å². The highest BCUT2D eigenvalue weighted by molar-refractivity contribution is 5.67. The number of aliphatic carboxylic acids is 1. The molecule has 4 heteroatoms. The van der Waals surface area contributed by atoms with E-state index in [2.05, 4.69) is 6.92 Å². The third-order valence-corrected chi connectivity index (χ3v) is 5.49. The van der Waals surface area contributed by atoms with Gasteiger partial charge in [0.25, 0.3) is 0 Å². The smallest absolute Gasteiger partial charge is 0.303 e. The summed E-state index contributed by atoms with van der Waals surface area (Å²) in [5.74, 6) is -0.901. The van der Waals surface area contributed by atoms with E-state index < -0.39 is 12.1 Å². The number of carbonyl (C=O) groups is 1. The molecule has 1 fully saturated rings. The normalized spacial score (nSPS) is 21.9. The highest BCUT2D eigenvalue weighted by Crippen LogP contribution is 2.32. The molecular formula is C21H40O4. The zero-order chi connectivity index (χ0) is 18.5. The van der Waals surface area contributed by atoms with Gasteiger partial charge < -0.3 is 14.9 Å². The lowest BCUT2D eigenvalue weighted by molar-refractivity contribution is -0.139. The van der Waals surface area contributed by atoms with Crippen molar-refractivity contribution < 1.29 is 19.7 Å². The van der Waals surface area contributed by atoms with Crippen LogP contribution in [0, 0.1) is 5.92 Å². The summed E-state index contributed by atoms with van der Waals surface area (Å²) >= 11 is 0. The van der Waals surface area contributed by atoms with Crippen molar-refractivity contribution in [3.63, 3.8) is 0 Å². The molecule has 0 aromatic carbocycles. The van der Waals surface area contributed by atoms with Gasteiger partial charge in [-0.25, -0.2) is 0 Å². The largest absolute Gasteiger partial charge is 0.481 e. The Bertz CT molecular complexity index is 345. The molecule has 0 spiro atoms. The first-order chi connectivity index (χ1) is 12.1. The zero-order valence-electron chi connectivity index (χ0n) is 16.4. The molecule has 1 aliphatic heterocycles. The standard InChI is InChI=1S/C21H40O4/c1-3-5-6-7-8-11-14-19-20(25-19)15-12-9-10-13-17(16-21(23)24)18(22)4-2/h17-20,22H,3-16H2,1-2H3,(H,23,24). The van der Waals surface area contributed by atoms with E-state index in [1.165, 1.54) is 44.9 Å². The predicted molar refractivity (Wildman–Crippen MR) is 102 cm³/mol. The zero-order valence-corrected chi connectivity index (χ0v) is 16.4. The number of rotatable bonds is 17. The fraction of sp³-hybridized carbons (Fsp3) is 0.952. The minimum atomic E-state index is -0.804. The molecule has 25 heavy (non-hydrogen) atoms. The molecule has 1 heterocycles. The number of carboxylic acid groups (broad SMARTS) is 1. The molecule has 0 amide bonds. The molecule has 0 saturated carbocycles. The van der Waals surface area contributed by atoms with Crippen molar-refractivity contribution in [1.82, 2.24) is 0 Å². The SMILES string of the molecule is CCCCCCCCC1OC1CCCCCC(CC(=O)O)C(O)CC. The van der Waals surface area contributed by atoms with Gasteiger partial charge in [0, 0.05) is 0 Å². The molecule has 2 N–H and O–H groups in total. The third kappa shape index (κ3) is 10.9. The summed E-state index contributed by atoms with van der Waals surface area (Å²) in [7, 11) is 0. The molecular weight excluding hydrogens is 316 g/mol. The monoisotopic (exact) mass is 356 g/mol. The van der Waals surface area contributed by atoms with Crippen molar-refractivity contribution in [3.05, 3.63) is 0 Å². The van der Waals surface area contributed by atoms with Crippen LogP contribution in [-0.4, -0.2) is 34.5 Å². The van der Waals surface area contributed by atoms with Crippen LogP contribution in [0.5, 0.6) is 0 Å². The molecule has 0 aromatic rings. The summed E-state index contributed by atoms with van der Waals surface area (Å²) in [6.07, 6.45) is 15.7. The fourth-order valence-corrected chi connectivity index (χ4v) is 3.73. The fourth-order valence-electron chi connectivity index (χ4n) is 3.73. The summed E-state index contributed by atoms with van der Waals surface area (Å²) in [5.41, 5.74) is 0. The summed E-state index contributed by atoms with van der Waals surface area (Å²) in [6, 6.07) is 0. The second-order valence-electron chi connectivity index (χ2n) is 7.74. The van der Waals surface area contributed by atoms with Crippen LogP contribution in [0.4, 0.5) is 0 Å². The van der Waals surface area contributed by atoms with Gasteiger partial charge in [0.1, 0.15) is 0 Å². The van der Waals surface area contributed by atoms with Crippen molar-refractivity contribution >= 4 is 5.97 Å². The average molecular weight is 357 g/mol. The molecule has 0 aliphatic carbocycles. The van der Waals surface area contributed by atoms with Gasteiger partial charge in [0.15, 0.2) is 0 Å².